The van der Waals surface area contributed by atoms with Crippen LogP contribution in [-0.4, -0.2) is 44.6 Å². The van der Waals surface area contributed by atoms with Gasteiger partial charge in [-0.3, -0.25) is 9.59 Å². The number of hydrogen-bond acceptors (Lipinski definition) is 5. The minimum atomic E-state index is -0.804. The molecule has 6 heteroatoms. The third kappa shape index (κ3) is 4.69. The van der Waals surface area contributed by atoms with Gasteiger partial charge in [-0.15, -0.1) is 0 Å². The van der Waals surface area contributed by atoms with Crippen LogP contribution in [0.2, 0.25) is 0 Å². The standard InChI is InChI=1S/C29H45BrO5/c1-16(8-7-12-27(3,4)34)19-9-10-20-24-21(11-13-28(19,20)5)29(6)18(14-22(24)32)15-23(33)25(26(29)30)35-17(2)31/h14,16,19-21,23-26,33-34H,7-13,15H2,1-6H3/t16-,19-,20+,21+,23-,24+,25-,26+,28-,29+/m1/s1. The number of ether oxygens (including phenoxy) is 1. The number of hydrogen-bond donors (Lipinski definition) is 2. The van der Waals surface area contributed by atoms with Crippen molar-refractivity contribution >= 4 is 27.7 Å². The predicted molar refractivity (Wildman–Crippen MR) is 140 cm³/mol. The Bertz CT molecular complexity index is 877. The Morgan fingerprint density at radius 3 is 2.57 bits per heavy atom. The minimum absolute atomic E-state index is 0.00986. The summed E-state index contributed by atoms with van der Waals surface area (Å²) >= 11 is 3.86. The van der Waals surface area contributed by atoms with Crippen LogP contribution in [-0.2, 0) is 14.3 Å². The zero-order valence-electron chi connectivity index (χ0n) is 22.4. The molecular weight excluding hydrogens is 508 g/mol. The zero-order chi connectivity index (χ0) is 25.9. The molecule has 4 rings (SSSR count). The lowest BCUT2D eigenvalue weighted by Gasteiger charge is -2.59. The van der Waals surface area contributed by atoms with Crippen molar-refractivity contribution in [2.75, 3.05) is 0 Å². The normalized spacial score (nSPS) is 44.1. The summed E-state index contributed by atoms with van der Waals surface area (Å²) in [4.78, 5) is 25.2. The van der Waals surface area contributed by atoms with Crippen LogP contribution in [0.1, 0.15) is 92.9 Å². The van der Waals surface area contributed by atoms with Gasteiger partial charge >= 0.3 is 5.97 Å². The molecule has 10 atom stereocenters. The van der Waals surface area contributed by atoms with Gasteiger partial charge in [0.15, 0.2) is 5.78 Å². The number of halogens is 1. The number of allylic oxidation sites excluding steroid dienone is 1. The fourth-order valence-corrected chi connectivity index (χ4v) is 9.87. The summed E-state index contributed by atoms with van der Waals surface area (Å²) in [6.07, 6.45) is 8.13. The Kier molecular flexibility index (Phi) is 7.45. The third-order valence-corrected chi connectivity index (χ3v) is 12.0. The molecule has 0 aromatic heterocycles. The molecule has 2 N–H and O–H groups in total. The van der Waals surface area contributed by atoms with Crippen molar-refractivity contribution in [3.8, 4) is 0 Å². The molecule has 4 aliphatic carbocycles. The fourth-order valence-electron chi connectivity index (χ4n) is 8.77. The van der Waals surface area contributed by atoms with Crippen LogP contribution in [0.5, 0.6) is 0 Å². The topological polar surface area (TPSA) is 83.8 Å². The summed E-state index contributed by atoms with van der Waals surface area (Å²) in [5.41, 5.74) is 0.227. The molecule has 3 fully saturated rings. The highest BCUT2D eigenvalue weighted by molar-refractivity contribution is 9.09. The number of rotatable bonds is 6. The quantitative estimate of drug-likeness (QED) is 0.331. The van der Waals surface area contributed by atoms with E-state index in [4.69, 9.17) is 4.74 Å². The maximum atomic E-state index is 13.7. The average Bonchev–Trinajstić information content (AvgIpc) is 3.09. The number of aliphatic hydroxyl groups excluding tert-OH is 1. The van der Waals surface area contributed by atoms with Gasteiger partial charge in [-0.2, -0.15) is 0 Å². The van der Waals surface area contributed by atoms with E-state index in [1.807, 2.05) is 19.9 Å². The number of aliphatic hydroxyl groups is 2. The van der Waals surface area contributed by atoms with Crippen LogP contribution in [0.4, 0.5) is 0 Å². The first kappa shape index (κ1) is 27.3. The molecule has 3 saturated carbocycles. The highest BCUT2D eigenvalue weighted by atomic mass is 79.9. The number of ketones is 1. The van der Waals surface area contributed by atoms with E-state index >= 15 is 0 Å². The van der Waals surface area contributed by atoms with Gasteiger partial charge in [0.05, 0.1) is 16.5 Å². The maximum Gasteiger partial charge on any atom is 0.303 e. The number of carbonyl (C=O) groups is 2. The van der Waals surface area contributed by atoms with Gasteiger partial charge in [0.25, 0.3) is 0 Å². The molecule has 0 unspecified atom stereocenters. The Labute approximate surface area is 219 Å². The Hall–Kier alpha value is -0.720. The van der Waals surface area contributed by atoms with Crippen LogP contribution >= 0.6 is 15.9 Å². The molecule has 0 bridgehead atoms. The largest absolute Gasteiger partial charge is 0.459 e. The summed E-state index contributed by atoms with van der Waals surface area (Å²) < 4.78 is 5.59. The number of alkyl halides is 1. The summed E-state index contributed by atoms with van der Waals surface area (Å²) in [6, 6.07) is 0. The van der Waals surface area contributed by atoms with E-state index in [0.717, 1.165) is 44.1 Å². The van der Waals surface area contributed by atoms with E-state index in [1.54, 1.807) is 0 Å². The van der Waals surface area contributed by atoms with Crippen molar-refractivity contribution in [1.29, 1.82) is 0 Å². The van der Waals surface area contributed by atoms with E-state index in [0.29, 0.717) is 24.2 Å². The molecule has 4 aliphatic rings. The van der Waals surface area contributed by atoms with E-state index in [9.17, 15) is 19.8 Å². The maximum absolute atomic E-state index is 13.7. The monoisotopic (exact) mass is 552 g/mol. The Morgan fingerprint density at radius 1 is 1.26 bits per heavy atom. The second kappa shape index (κ2) is 9.54. The molecular formula is C29H45BrO5. The Balaban J connectivity index is 1.58. The van der Waals surface area contributed by atoms with Crippen molar-refractivity contribution in [2.45, 2.75) is 116 Å². The lowest BCUT2D eigenvalue weighted by atomic mass is 9.46. The first-order valence-electron chi connectivity index (χ1n) is 13.7. The second-order valence-electron chi connectivity index (χ2n) is 13.3. The van der Waals surface area contributed by atoms with Gasteiger partial charge in [0, 0.05) is 18.3 Å². The van der Waals surface area contributed by atoms with Crippen molar-refractivity contribution < 1.29 is 24.5 Å². The molecule has 0 aromatic carbocycles. The van der Waals surface area contributed by atoms with Crippen LogP contribution in [0.25, 0.3) is 0 Å². The lowest BCUT2D eigenvalue weighted by molar-refractivity contribution is -0.160. The molecule has 35 heavy (non-hydrogen) atoms. The summed E-state index contributed by atoms with van der Waals surface area (Å²) in [5, 5.41) is 20.9. The van der Waals surface area contributed by atoms with Crippen LogP contribution in [0.3, 0.4) is 0 Å². The first-order valence-corrected chi connectivity index (χ1v) is 14.6. The highest BCUT2D eigenvalue weighted by Crippen LogP contribution is 2.67. The van der Waals surface area contributed by atoms with Crippen LogP contribution in [0, 0.1) is 40.4 Å². The number of fused-ring (bicyclic) bond motifs is 5. The molecule has 0 amide bonds. The van der Waals surface area contributed by atoms with E-state index in [2.05, 4.69) is 36.7 Å². The number of carbonyl (C=O) groups excluding carboxylic acids is 2. The highest BCUT2D eigenvalue weighted by Gasteiger charge is 2.64. The second-order valence-corrected chi connectivity index (χ2v) is 14.2. The van der Waals surface area contributed by atoms with Gasteiger partial charge in [0.1, 0.15) is 6.10 Å². The van der Waals surface area contributed by atoms with Crippen molar-refractivity contribution in [1.82, 2.24) is 0 Å². The lowest BCUT2D eigenvalue weighted by Crippen LogP contribution is -2.61. The average molecular weight is 554 g/mol. The molecule has 0 radical (unpaired) electrons. The van der Waals surface area contributed by atoms with Crippen molar-refractivity contribution in [3.63, 3.8) is 0 Å². The SMILES string of the molecule is CC(=O)O[C@@H]1[C@H](O)CC2=CC(=O)[C@H]3[C@@H]4CC[C@H]([C@H](C)CCCC(C)(C)O)[C@@]4(C)CC[C@@H]3[C@@]2(C)[C@H]1Br. The van der Waals surface area contributed by atoms with Gasteiger partial charge < -0.3 is 14.9 Å². The van der Waals surface area contributed by atoms with Gasteiger partial charge in [-0.05, 0) is 87.5 Å². The molecule has 0 saturated heterocycles. The van der Waals surface area contributed by atoms with E-state index in [1.165, 1.54) is 13.3 Å². The van der Waals surface area contributed by atoms with Gasteiger partial charge in [-0.25, -0.2) is 0 Å². The predicted octanol–water partition coefficient (Wildman–Crippen LogP) is 5.60. The van der Waals surface area contributed by atoms with E-state index < -0.39 is 17.8 Å². The molecule has 0 heterocycles. The molecule has 5 nitrogen and oxygen atoms in total. The minimum Gasteiger partial charge on any atom is -0.459 e. The van der Waals surface area contributed by atoms with Gasteiger partial charge in [-0.1, -0.05) is 55.1 Å². The van der Waals surface area contributed by atoms with Gasteiger partial charge in [0.2, 0.25) is 0 Å². The van der Waals surface area contributed by atoms with Crippen LogP contribution < -0.4 is 0 Å². The molecule has 0 aromatic rings. The summed E-state index contributed by atoms with van der Waals surface area (Å²) in [6.45, 7) is 12.2. The van der Waals surface area contributed by atoms with Crippen LogP contribution in [0.15, 0.2) is 11.6 Å². The molecule has 198 valence electrons. The smallest absolute Gasteiger partial charge is 0.303 e. The number of esters is 1. The Morgan fingerprint density at radius 2 is 1.94 bits per heavy atom. The molecule has 0 spiro atoms. The summed E-state index contributed by atoms with van der Waals surface area (Å²) in [5.74, 6) is 1.58. The fraction of sp³-hybridized carbons (Fsp3) is 0.862. The van der Waals surface area contributed by atoms with Crippen molar-refractivity contribution in [3.05, 3.63) is 11.6 Å². The van der Waals surface area contributed by atoms with Crippen molar-refractivity contribution in [2.24, 2.45) is 40.4 Å². The van der Waals surface area contributed by atoms with E-state index in [-0.39, 0.29) is 39.2 Å². The zero-order valence-corrected chi connectivity index (χ0v) is 23.9. The summed E-state index contributed by atoms with van der Waals surface area (Å²) in [7, 11) is 0. The third-order valence-electron chi connectivity index (χ3n) is 10.6. The molecule has 0 aliphatic heterocycles. The first-order chi connectivity index (χ1) is 16.2.